The van der Waals surface area contributed by atoms with Crippen LogP contribution in [-0.4, -0.2) is 28.7 Å². The van der Waals surface area contributed by atoms with Gasteiger partial charge in [-0.15, -0.1) is 0 Å². The fraction of sp³-hybridized carbons (Fsp3) is 0.273. The second-order valence-corrected chi connectivity index (χ2v) is 9.12. The minimum Gasteiger partial charge on any atom is -0.480 e. The van der Waals surface area contributed by atoms with Crippen LogP contribution in [0.3, 0.4) is 0 Å². The highest BCUT2D eigenvalue weighted by Crippen LogP contribution is 2.43. The van der Waals surface area contributed by atoms with E-state index in [4.69, 9.17) is 39.9 Å². The average Bonchev–Trinajstić information content (AvgIpc) is 3.54. The Morgan fingerprint density at radius 1 is 1.00 bits per heavy atom. The predicted octanol–water partition coefficient (Wildman–Crippen LogP) is 7.67. The van der Waals surface area contributed by atoms with E-state index in [1.54, 1.807) is 0 Å². The number of benzene rings is 2. The topological polar surface area (TPSA) is 66.4 Å². The summed E-state index contributed by atoms with van der Waals surface area (Å²) in [6.07, 6.45) is -10.3. The van der Waals surface area contributed by atoms with Crippen molar-refractivity contribution in [2.45, 2.75) is 36.7 Å². The lowest BCUT2D eigenvalue weighted by Gasteiger charge is -2.19. The smallest absolute Gasteiger partial charge is 0.417 e. The lowest BCUT2D eigenvalue weighted by atomic mass is 9.95. The lowest BCUT2D eigenvalue weighted by molar-refractivity contribution is -0.141. The molecular formula is C22H13Cl3F7NO3. The van der Waals surface area contributed by atoms with Crippen molar-refractivity contribution in [2.24, 2.45) is 0 Å². The van der Waals surface area contributed by atoms with E-state index in [2.05, 4.69) is 0 Å². The first-order chi connectivity index (χ1) is 16.5. The summed E-state index contributed by atoms with van der Waals surface area (Å²) in [5.74, 6) is -7.15. The SMILES string of the molecule is O=C(NC1(C(=O)O)CC1)c1ccc(/C(F)=C/C(c2cc(Cl)c(Cl)c(Cl)c2)C(F)(F)F)cc1C(F)(F)F. The number of carboxylic acid groups (broad SMARTS) is 1. The third-order valence-electron chi connectivity index (χ3n) is 5.39. The number of rotatable bonds is 6. The maximum atomic E-state index is 14.9. The average molecular weight is 579 g/mol. The number of carbonyl (C=O) groups excluding carboxylic acids is 1. The van der Waals surface area contributed by atoms with Crippen molar-refractivity contribution in [3.63, 3.8) is 0 Å². The summed E-state index contributed by atoms with van der Waals surface area (Å²) >= 11 is 17.2. The monoisotopic (exact) mass is 577 g/mol. The first-order valence-corrected chi connectivity index (χ1v) is 11.0. The van der Waals surface area contributed by atoms with E-state index in [1.807, 2.05) is 5.32 Å². The Morgan fingerprint density at radius 3 is 2.00 bits per heavy atom. The van der Waals surface area contributed by atoms with Crippen molar-refractivity contribution in [3.05, 3.63) is 73.7 Å². The molecule has 1 amide bonds. The Labute approximate surface area is 213 Å². The molecule has 1 aliphatic rings. The molecule has 0 aromatic heterocycles. The molecule has 2 N–H and O–H groups in total. The fourth-order valence-electron chi connectivity index (χ4n) is 3.30. The van der Waals surface area contributed by atoms with Gasteiger partial charge in [-0.3, -0.25) is 4.79 Å². The second kappa shape index (κ2) is 9.75. The highest BCUT2D eigenvalue weighted by Gasteiger charge is 2.52. The molecule has 1 saturated carbocycles. The zero-order valence-corrected chi connectivity index (χ0v) is 19.8. The number of amides is 1. The zero-order valence-electron chi connectivity index (χ0n) is 17.5. The van der Waals surface area contributed by atoms with Gasteiger partial charge in [-0.05, 0) is 48.7 Å². The van der Waals surface area contributed by atoms with E-state index in [1.165, 1.54) is 0 Å². The molecule has 3 rings (SSSR count). The van der Waals surface area contributed by atoms with Gasteiger partial charge in [0, 0.05) is 5.56 Å². The van der Waals surface area contributed by atoms with Crippen LogP contribution >= 0.6 is 34.8 Å². The summed E-state index contributed by atoms with van der Waals surface area (Å²) in [5, 5.41) is 10.2. The van der Waals surface area contributed by atoms with Crippen LogP contribution in [0.15, 0.2) is 36.4 Å². The number of carboxylic acids is 1. The fourth-order valence-corrected chi connectivity index (χ4v) is 3.92. The third-order valence-corrected chi connectivity index (χ3v) is 6.59. The van der Waals surface area contributed by atoms with Crippen LogP contribution in [0.2, 0.25) is 15.1 Å². The molecule has 0 saturated heterocycles. The molecule has 14 heteroatoms. The van der Waals surface area contributed by atoms with Crippen molar-refractivity contribution in [1.82, 2.24) is 5.32 Å². The quantitative estimate of drug-likeness (QED) is 0.273. The van der Waals surface area contributed by atoms with Crippen LogP contribution in [0.1, 0.15) is 45.8 Å². The Morgan fingerprint density at radius 2 is 1.56 bits per heavy atom. The van der Waals surface area contributed by atoms with Gasteiger partial charge in [-0.2, -0.15) is 26.3 Å². The molecule has 1 fully saturated rings. The molecular weight excluding hydrogens is 566 g/mol. The summed E-state index contributed by atoms with van der Waals surface area (Å²) < 4.78 is 96.9. The van der Waals surface area contributed by atoms with Crippen molar-refractivity contribution in [1.29, 1.82) is 0 Å². The normalized spacial score (nSPS) is 16.4. The number of hydrogen-bond donors (Lipinski definition) is 2. The summed E-state index contributed by atoms with van der Waals surface area (Å²) in [6.45, 7) is 0. The van der Waals surface area contributed by atoms with Gasteiger partial charge in [0.2, 0.25) is 0 Å². The highest BCUT2D eigenvalue weighted by atomic mass is 35.5. The largest absolute Gasteiger partial charge is 0.480 e. The number of alkyl halides is 6. The van der Waals surface area contributed by atoms with Crippen LogP contribution < -0.4 is 5.32 Å². The molecule has 0 aliphatic heterocycles. The molecule has 2 aromatic carbocycles. The predicted molar refractivity (Wildman–Crippen MR) is 118 cm³/mol. The van der Waals surface area contributed by atoms with Gasteiger partial charge >= 0.3 is 18.3 Å². The Kier molecular flexibility index (Phi) is 7.61. The highest BCUT2D eigenvalue weighted by molar-refractivity contribution is 6.48. The number of nitrogens with one attached hydrogen (secondary N) is 1. The maximum Gasteiger partial charge on any atom is 0.417 e. The molecule has 4 nitrogen and oxygen atoms in total. The van der Waals surface area contributed by atoms with E-state index in [0.29, 0.717) is 12.1 Å². The number of aliphatic carboxylic acids is 1. The van der Waals surface area contributed by atoms with Gasteiger partial charge in [0.05, 0.1) is 26.2 Å². The molecule has 1 unspecified atom stereocenters. The number of halogens is 10. The molecule has 2 aromatic rings. The van der Waals surface area contributed by atoms with Crippen LogP contribution in [0.5, 0.6) is 0 Å². The maximum absolute atomic E-state index is 14.9. The Bertz CT molecular complexity index is 1230. The molecule has 0 spiro atoms. The van der Waals surface area contributed by atoms with E-state index in [0.717, 1.165) is 12.1 Å². The van der Waals surface area contributed by atoms with E-state index in [9.17, 15) is 40.3 Å². The molecule has 0 bridgehead atoms. The van der Waals surface area contributed by atoms with Gasteiger partial charge in [-0.1, -0.05) is 40.9 Å². The standard InChI is InChI=1S/C22H13Cl3F7NO3/c23-14-6-10(7-15(24)17(14)25)12(21(27,28)29)8-16(26)9-1-2-11(13(5-9)22(30,31)32)18(34)33-20(3-4-20)19(35)36/h1-2,5-8,12H,3-4H2,(H,33,34)(H,35,36)/b16-8-. The molecule has 1 aliphatic carbocycles. The number of carbonyl (C=O) groups is 2. The summed E-state index contributed by atoms with van der Waals surface area (Å²) in [5.41, 5.74) is -5.91. The lowest BCUT2D eigenvalue weighted by Crippen LogP contribution is -2.43. The summed E-state index contributed by atoms with van der Waals surface area (Å²) in [4.78, 5) is 23.6. The van der Waals surface area contributed by atoms with Crippen LogP contribution in [0.4, 0.5) is 30.7 Å². The summed E-state index contributed by atoms with van der Waals surface area (Å²) in [6, 6.07) is 2.98. The first kappa shape index (κ1) is 28.1. The number of hydrogen-bond acceptors (Lipinski definition) is 2. The van der Waals surface area contributed by atoms with Crippen LogP contribution in [-0.2, 0) is 11.0 Å². The third kappa shape index (κ3) is 5.90. The van der Waals surface area contributed by atoms with Crippen LogP contribution in [0, 0.1) is 0 Å². The molecule has 0 heterocycles. The molecule has 0 radical (unpaired) electrons. The Hall–Kier alpha value is -2.50. The van der Waals surface area contributed by atoms with Crippen molar-refractivity contribution >= 4 is 52.5 Å². The minimum absolute atomic E-state index is 0.00242. The minimum atomic E-state index is -5.22. The van der Waals surface area contributed by atoms with Crippen molar-refractivity contribution < 1.29 is 45.4 Å². The van der Waals surface area contributed by atoms with E-state index < -0.39 is 63.8 Å². The molecule has 1 atom stereocenters. The molecule has 194 valence electrons. The van der Waals surface area contributed by atoms with Gasteiger partial charge in [0.15, 0.2) is 0 Å². The van der Waals surface area contributed by atoms with Gasteiger partial charge in [0.1, 0.15) is 17.3 Å². The van der Waals surface area contributed by atoms with Gasteiger partial charge in [-0.25, -0.2) is 9.18 Å². The van der Waals surface area contributed by atoms with Crippen molar-refractivity contribution in [3.8, 4) is 0 Å². The van der Waals surface area contributed by atoms with E-state index in [-0.39, 0.29) is 40.1 Å². The molecule has 36 heavy (non-hydrogen) atoms. The van der Waals surface area contributed by atoms with Gasteiger partial charge in [0.25, 0.3) is 5.91 Å². The second-order valence-electron chi connectivity index (χ2n) is 7.93. The number of allylic oxidation sites excluding steroid dienone is 1. The summed E-state index contributed by atoms with van der Waals surface area (Å²) in [7, 11) is 0. The van der Waals surface area contributed by atoms with Crippen molar-refractivity contribution in [2.75, 3.05) is 0 Å². The van der Waals surface area contributed by atoms with Crippen LogP contribution in [0.25, 0.3) is 5.83 Å². The van der Waals surface area contributed by atoms with E-state index >= 15 is 0 Å². The Balaban J connectivity index is 2.04. The zero-order chi connectivity index (χ0) is 27.2. The van der Waals surface area contributed by atoms with Gasteiger partial charge < -0.3 is 10.4 Å². The first-order valence-electron chi connectivity index (χ1n) is 9.82.